The van der Waals surface area contributed by atoms with Crippen LogP contribution in [0.25, 0.3) is 0 Å². The van der Waals surface area contributed by atoms with E-state index in [9.17, 15) is 0 Å². The summed E-state index contributed by atoms with van der Waals surface area (Å²) in [6.45, 7) is 13.7. The minimum Gasteiger partial charge on any atom is -0.382 e. The minimum atomic E-state index is 0.480. The quantitative estimate of drug-likeness (QED) is 0.315. The Morgan fingerprint density at radius 1 is 1.17 bits per heavy atom. The van der Waals surface area contributed by atoms with E-state index in [0.29, 0.717) is 6.54 Å². The summed E-state index contributed by atoms with van der Waals surface area (Å²) < 4.78 is 7.39. The van der Waals surface area contributed by atoms with Gasteiger partial charge in [0.2, 0.25) is 0 Å². The number of aromatic nitrogens is 3. The molecule has 0 aliphatic heterocycles. The first kappa shape index (κ1) is 23.7. The average molecular weight is 416 g/mol. The Hall–Kier alpha value is -2.61. The van der Waals surface area contributed by atoms with Crippen molar-refractivity contribution >= 4 is 11.6 Å². The molecule has 8 heteroatoms. The van der Waals surface area contributed by atoms with Crippen molar-refractivity contribution in [2.75, 3.05) is 44.3 Å². The van der Waals surface area contributed by atoms with Crippen molar-refractivity contribution in [3.63, 3.8) is 0 Å². The fourth-order valence-corrected chi connectivity index (χ4v) is 3.04. The Morgan fingerprint density at radius 3 is 2.63 bits per heavy atom. The van der Waals surface area contributed by atoms with Gasteiger partial charge >= 0.3 is 0 Å². The lowest BCUT2D eigenvalue weighted by Crippen LogP contribution is -2.42. The Kier molecular flexibility index (Phi) is 10.1. The Labute approximate surface area is 180 Å². The molecular weight excluding hydrogens is 378 g/mol. The molecular formula is C22H37N7O. The molecule has 30 heavy (non-hydrogen) atoms. The van der Waals surface area contributed by atoms with E-state index in [1.807, 2.05) is 25.5 Å². The molecule has 0 spiro atoms. The minimum absolute atomic E-state index is 0.480. The molecule has 0 saturated heterocycles. The smallest absolute Gasteiger partial charge is 0.191 e. The van der Waals surface area contributed by atoms with E-state index >= 15 is 0 Å². The number of likely N-dealkylation sites (N-methyl/N-ethyl adjacent to an activating group) is 1. The van der Waals surface area contributed by atoms with Gasteiger partial charge in [0.1, 0.15) is 12.4 Å². The molecule has 1 heterocycles. The van der Waals surface area contributed by atoms with Crippen LogP contribution in [0.4, 0.5) is 5.69 Å². The van der Waals surface area contributed by atoms with Gasteiger partial charge in [-0.05, 0) is 51.8 Å². The molecule has 0 amide bonds. The molecule has 8 nitrogen and oxygen atoms in total. The third-order valence-electron chi connectivity index (χ3n) is 4.95. The van der Waals surface area contributed by atoms with E-state index in [1.165, 1.54) is 11.3 Å². The first-order valence-corrected chi connectivity index (χ1v) is 10.8. The summed E-state index contributed by atoms with van der Waals surface area (Å²) in [5, 5.41) is 15.2. The molecule has 0 bridgehead atoms. The number of guanidine groups is 1. The average Bonchev–Trinajstić information content (AvgIpc) is 3.06. The van der Waals surface area contributed by atoms with Crippen molar-refractivity contribution in [3.05, 3.63) is 41.5 Å². The van der Waals surface area contributed by atoms with Crippen molar-refractivity contribution < 1.29 is 4.74 Å². The third kappa shape index (κ3) is 7.67. The van der Waals surface area contributed by atoms with Crippen LogP contribution in [0.1, 0.15) is 37.5 Å². The van der Waals surface area contributed by atoms with Crippen LogP contribution >= 0.6 is 0 Å². The first-order chi connectivity index (χ1) is 14.5. The zero-order chi connectivity index (χ0) is 21.8. The number of ether oxygens (including phenoxy) is 1. The number of aliphatic imine (C=N–C) groups is 1. The van der Waals surface area contributed by atoms with Crippen molar-refractivity contribution in [1.29, 1.82) is 0 Å². The second-order valence-corrected chi connectivity index (χ2v) is 7.21. The van der Waals surface area contributed by atoms with Crippen molar-refractivity contribution in [2.45, 2.75) is 40.7 Å². The first-order valence-electron chi connectivity index (χ1n) is 10.8. The predicted molar refractivity (Wildman–Crippen MR) is 123 cm³/mol. The Morgan fingerprint density at radius 2 is 1.97 bits per heavy atom. The van der Waals surface area contributed by atoms with E-state index < -0.39 is 0 Å². The van der Waals surface area contributed by atoms with Gasteiger partial charge in [-0.2, -0.15) is 0 Å². The normalized spacial score (nSPS) is 11.6. The number of hydrogen-bond donors (Lipinski definition) is 2. The van der Waals surface area contributed by atoms with Crippen LogP contribution in [-0.4, -0.2) is 60.1 Å². The van der Waals surface area contributed by atoms with Gasteiger partial charge in [0.05, 0.1) is 0 Å². The molecule has 1 aromatic heterocycles. The maximum absolute atomic E-state index is 5.42. The van der Waals surface area contributed by atoms with Crippen LogP contribution in [-0.2, 0) is 18.3 Å². The maximum Gasteiger partial charge on any atom is 0.191 e. The number of benzene rings is 1. The number of rotatable bonds is 12. The van der Waals surface area contributed by atoms with Crippen LogP contribution in [0.5, 0.6) is 0 Å². The van der Waals surface area contributed by atoms with Crippen molar-refractivity contribution in [2.24, 2.45) is 12.0 Å². The zero-order valence-electron chi connectivity index (χ0n) is 19.1. The van der Waals surface area contributed by atoms with Gasteiger partial charge in [0.25, 0.3) is 0 Å². The van der Waals surface area contributed by atoms with Crippen LogP contribution in [0.3, 0.4) is 0 Å². The molecule has 0 aliphatic rings. The van der Waals surface area contributed by atoms with Gasteiger partial charge in [-0.3, -0.25) is 0 Å². The molecule has 166 valence electrons. The molecule has 0 aliphatic carbocycles. The van der Waals surface area contributed by atoms with E-state index in [-0.39, 0.29) is 0 Å². The maximum atomic E-state index is 5.42. The van der Waals surface area contributed by atoms with Crippen molar-refractivity contribution in [1.82, 2.24) is 25.4 Å². The summed E-state index contributed by atoms with van der Waals surface area (Å²) in [6, 6.07) is 8.62. The Balaban J connectivity index is 1.93. The largest absolute Gasteiger partial charge is 0.382 e. The lowest BCUT2D eigenvalue weighted by molar-refractivity contribution is 0.145. The number of hydrogen-bond acceptors (Lipinski definition) is 5. The Bertz CT molecular complexity index is 788. The summed E-state index contributed by atoms with van der Waals surface area (Å²) in [5.74, 6) is 2.52. The second kappa shape index (κ2) is 12.8. The van der Waals surface area contributed by atoms with Gasteiger partial charge in [-0.25, -0.2) is 4.99 Å². The molecule has 0 fully saturated rings. The number of nitrogens with zero attached hydrogens (tertiary/aromatic N) is 5. The van der Waals surface area contributed by atoms with Crippen molar-refractivity contribution in [3.8, 4) is 0 Å². The van der Waals surface area contributed by atoms with E-state index in [0.717, 1.165) is 63.4 Å². The van der Waals surface area contributed by atoms with E-state index in [1.54, 1.807) is 0 Å². The topological polar surface area (TPSA) is 79.6 Å². The molecule has 2 rings (SSSR count). The molecule has 0 unspecified atom stereocenters. The molecule has 0 radical (unpaired) electrons. The summed E-state index contributed by atoms with van der Waals surface area (Å²) in [7, 11) is 1.96. The van der Waals surface area contributed by atoms with Crippen LogP contribution in [0.2, 0.25) is 0 Å². The van der Waals surface area contributed by atoms with Crippen LogP contribution < -0.4 is 15.5 Å². The SMILES string of the molecule is CCOCCCNC(=NCc1nnc(C)n1C)NCCN(CC)c1cccc(C)c1. The van der Waals surface area contributed by atoms with Crippen LogP contribution in [0.15, 0.2) is 29.3 Å². The zero-order valence-corrected chi connectivity index (χ0v) is 19.1. The summed E-state index contributed by atoms with van der Waals surface area (Å²) in [6.07, 6.45) is 0.933. The fraction of sp³-hybridized carbons (Fsp3) is 0.591. The highest BCUT2D eigenvalue weighted by atomic mass is 16.5. The van der Waals surface area contributed by atoms with Gasteiger partial charge in [-0.15, -0.1) is 10.2 Å². The highest BCUT2D eigenvalue weighted by Gasteiger charge is 2.07. The van der Waals surface area contributed by atoms with Gasteiger partial charge in [-0.1, -0.05) is 12.1 Å². The standard InChI is InChI=1S/C22H37N7O/c1-6-29(20-11-8-10-18(3)16-20)14-13-24-22(23-12-9-15-30-7-2)25-17-21-27-26-19(4)28(21)5/h8,10-11,16H,6-7,9,12-15,17H2,1-5H3,(H2,23,24,25). The molecule has 2 N–H and O–H groups in total. The van der Waals surface area contributed by atoms with Crippen LogP contribution in [0, 0.1) is 13.8 Å². The predicted octanol–water partition coefficient (Wildman–Crippen LogP) is 2.42. The monoisotopic (exact) mass is 415 g/mol. The van der Waals surface area contributed by atoms with Gasteiger partial charge in [0, 0.05) is 52.1 Å². The molecule has 0 atom stereocenters. The highest BCUT2D eigenvalue weighted by Crippen LogP contribution is 2.14. The summed E-state index contributed by atoms with van der Waals surface area (Å²) >= 11 is 0. The number of anilines is 1. The summed E-state index contributed by atoms with van der Waals surface area (Å²) in [5.41, 5.74) is 2.52. The lowest BCUT2D eigenvalue weighted by Gasteiger charge is -2.24. The van der Waals surface area contributed by atoms with E-state index in [2.05, 4.69) is 63.8 Å². The molecule has 1 aromatic carbocycles. The molecule has 2 aromatic rings. The number of aryl methyl sites for hydroxylation is 2. The number of nitrogens with one attached hydrogen (secondary N) is 2. The van der Waals surface area contributed by atoms with E-state index in [4.69, 9.17) is 9.73 Å². The summed E-state index contributed by atoms with van der Waals surface area (Å²) in [4.78, 5) is 7.07. The highest BCUT2D eigenvalue weighted by molar-refractivity contribution is 5.79. The molecule has 0 saturated carbocycles. The third-order valence-corrected chi connectivity index (χ3v) is 4.95. The lowest BCUT2D eigenvalue weighted by atomic mass is 10.2. The fourth-order valence-electron chi connectivity index (χ4n) is 3.04. The second-order valence-electron chi connectivity index (χ2n) is 7.21. The van der Waals surface area contributed by atoms with Gasteiger partial charge < -0.3 is 24.8 Å². The van der Waals surface area contributed by atoms with Gasteiger partial charge in [0.15, 0.2) is 11.8 Å².